The first-order valence-corrected chi connectivity index (χ1v) is 9.03. The van der Waals surface area contributed by atoms with E-state index < -0.39 is 11.7 Å². The van der Waals surface area contributed by atoms with E-state index >= 15 is 0 Å². The largest absolute Gasteiger partial charge is 0.418 e. The predicted octanol–water partition coefficient (Wildman–Crippen LogP) is 2.44. The maximum atomic E-state index is 13.0. The average Bonchev–Trinajstić information content (AvgIpc) is 2.67. The molecule has 0 aromatic heterocycles. The molecule has 0 saturated carbocycles. The predicted molar refractivity (Wildman–Crippen MR) is 98.9 cm³/mol. The van der Waals surface area contributed by atoms with Crippen molar-refractivity contribution in [1.82, 2.24) is 0 Å². The van der Waals surface area contributed by atoms with Gasteiger partial charge in [-0.05, 0) is 24.3 Å². The topological polar surface area (TPSA) is 36.8 Å². The van der Waals surface area contributed by atoms with Crippen LogP contribution in [0.5, 0.6) is 0 Å². The van der Waals surface area contributed by atoms with E-state index in [-0.39, 0.29) is 18.0 Å². The van der Waals surface area contributed by atoms with Crippen LogP contribution in [0.15, 0.2) is 54.6 Å². The zero-order valence-electron chi connectivity index (χ0n) is 14.9. The molecule has 0 spiro atoms. The molecule has 0 aliphatic carbocycles. The lowest BCUT2D eigenvalue weighted by Gasteiger charge is -2.33. The molecule has 2 aromatic rings. The Morgan fingerprint density at radius 2 is 1.63 bits per heavy atom. The van der Waals surface area contributed by atoms with Crippen LogP contribution < -0.4 is 15.1 Å². The van der Waals surface area contributed by atoms with Crippen molar-refractivity contribution in [2.45, 2.75) is 12.6 Å². The second-order valence-corrected chi connectivity index (χ2v) is 6.66. The summed E-state index contributed by atoms with van der Waals surface area (Å²) in [4.78, 5) is 15.7. The quantitative estimate of drug-likeness (QED) is 0.839. The summed E-state index contributed by atoms with van der Waals surface area (Å²) in [5.41, 5.74) is 0.194. The minimum atomic E-state index is -4.48. The minimum absolute atomic E-state index is 0.182. The Kier molecular flexibility index (Phi) is 6.01. The van der Waals surface area contributed by atoms with E-state index in [0.29, 0.717) is 6.54 Å². The molecule has 0 unspecified atom stereocenters. The van der Waals surface area contributed by atoms with Crippen LogP contribution in [0.1, 0.15) is 12.0 Å². The number of nitrogens with zero attached hydrogens (tertiary/aromatic N) is 1. The van der Waals surface area contributed by atoms with Crippen molar-refractivity contribution in [2.24, 2.45) is 0 Å². The molecule has 1 aliphatic rings. The van der Waals surface area contributed by atoms with Crippen LogP contribution in [0.25, 0.3) is 0 Å². The Bertz CT molecular complexity index is 757. The van der Waals surface area contributed by atoms with Crippen molar-refractivity contribution in [2.75, 3.05) is 42.9 Å². The molecule has 1 saturated heterocycles. The summed E-state index contributed by atoms with van der Waals surface area (Å²) in [5.74, 6) is -0.385. The molecule has 144 valence electrons. The third-order valence-electron chi connectivity index (χ3n) is 4.80. The van der Waals surface area contributed by atoms with Crippen molar-refractivity contribution in [3.05, 3.63) is 60.2 Å². The Labute approximate surface area is 156 Å². The molecule has 1 fully saturated rings. The van der Waals surface area contributed by atoms with E-state index in [0.717, 1.165) is 32.2 Å². The van der Waals surface area contributed by atoms with Crippen LogP contribution in [0.4, 0.5) is 24.5 Å². The lowest BCUT2D eigenvalue weighted by atomic mass is 10.1. The van der Waals surface area contributed by atoms with Gasteiger partial charge in [-0.2, -0.15) is 13.2 Å². The highest BCUT2D eigenvalue weighted by Crippen LogP contribution is 2.34. The minimum Gasteiger partial charge on any atom is -0.360 e. The molecule has 3 rings (SSSR count). The average molecular weight is 378 g/mol. The number of para-hydroxylation sites is 2. The van der Waals surface area contributed by atoms with Crippen LogP contribution in [0.3, 0.4) is 0 Å². The normalized spacial score (nSPS) is 15.6. The fourth-order valence-electron chi connectivity index (χ4n) is 3.31. The zero-order chi connectivity index (χ0) is 19.3. The first-order chi connectivity index (χ1) is 12.9. The van der Waals surface area contributed by atoms with Gasteiger partial charge >= 0.3 is 6.18 Å². The van der Waals surface area contributed by atoms with Crippen molar-refractivity contribution in [1.29, 1.82) is 0 Å². The Morgan fingerprint density at radius 1 is 1.00 bits per heavy atom. The summed E-state index contributed by atoms with van der Waals surface area (Å²) in [6.07, 6.45) is -4.28. The molecule has 1 heterocycles. The maximum absolute atomic E-state index is 13.0. The number of carbonyl (C=O) groups is 1. The van der Waals surface area contributed by atoms with Crippen LogP contribution in [-0.2, 0) is 11.0 Å². The number of quaternary nitrogens is 1. The molecular weight excluding hydrogens is 355 g/mol. The molecular formula is C20H23F3N3O+. The van der Waals surface area contributed by atoms with E-state index in [1.807, 2.05) is 18.2 Å². The van der Waals surface area contributed by atoms with E-state index in [1.54, 1.807) is 0 Å². The molecule has 4 nitrogen and oxygen atoms in total. The molecule has 1 amide bonds. The van der Waals surface area contributed by atoms with Gasteiger partial charge < -0.3 is 15.1 Å². The Balaban J connectivity index is 1.47. The number of carbonyl (C=O) groups excluding carboxylic acids is 1. The molecule has 1 aliphatic heterocycles. The number of piperazine rings is 1. The Morgan fingerprint density at radius 3 is 2.30 bits per heavy atom. The van der Waals surface area contributed by atoms with Gasteiger partial charge in [-0.25, -0.2) is 0 Å². The maximum Gasteiger partial charge on any atom is 0.418 e. The third-order valence-corrected chi connectivity index (χ3v) is 4.80. The number of rotatable bonds is 5. The molecule has 0 bridgehead atoms. The van der Waals surface area contributed by atoms with Crippen molar-refractivity contribution < 1.29 is 22.9 Å². The number of halogens is 3. The van der Waals surface area contributed by atoms with Gasteiger partial charge in [0.2, 0.25) is 5.91 Å². The summed E-state index contributed by atoms with van der Waals surface area (Å²) in [7, 11) is 0. The van der Waals surface area contributed by atoms with E-state index in [4.69, 9.17) is 0 Å². The van der Waals surface area contributed by atoms with Gasteiger partial charge in [0.15, 0.2) is 0 Å². The summed E-state index contributed by atoms with van der Waals surface area (Å²) in [6, 6.07) is 15.2. The fourth-order valence-corrected chi connectivity index (χ4v) is 3.31. The fraction of sp³-hybridized carbons (Fsp3) is 0.350. The van der Waals surface area contributed by atoms with Gasteiger partial charge in [-0.3, -0.25) is 4.79 Å². The number of nitrogens with one attached hydrogen (secondary N) is 2. The zero-order valence-corrected chi connectivity index (χ0v) is 14.9. The van der Waals surface area contributed by atoms with E-state index in [1.165, 1.54) is 28.8 Å². The van der Waals surface area contributed by atoms with E-state index in [2.05, 4.69) is 22.3 Å². The molecule has 7 heteroatoms. The van der Waals surface area contributed by atoms with E-state index in [9.17, 15) is 18.0 Å². The molecule has 0 radical (unpaired) electrons. The number of amides is 1. The molecule has 2 N–H and O–H groups in total. The first kappa shape index (κ1) is 19.2. The van der Waals surface area contributed by atoms with Gasteiger partial charge in [-0.15, -0.1) is 0 Å². The number of hydrogen-bond acceptors (Lipinski definition) is 2. The number of alkyl halides is 3. The van der Waals surface area contributed by atoms with Gasteiger partial charge in [0.05, 0.1) is 50.4 Å². The van der Waals surface area contributed by atoms with Crippen molar-refractivity contribution >= 4 is 17.3 Å². The summed E-state index contributed by atoms with van der Waals surface area (Å²) in [5, 5.41) is 2.41. The number of benzene rings is 2. The molecule has 27 heavy (non-hydrogen) atoms. The lowest BCUT2D eigenvalue weighted by molar-refractivity contribution is -0.900. The van der Waals surface area contributed by atoms with Crippen molar-refractivity contribution in [3.63, 3.8) is 0 Å². The second-order valence-electron chi connectivity index (χ2n) is 6.66. The van der Waals surface area contributed by atoms with Gasteiger partial charge in [0.25, 0.3) is 0 Å². The SMILES string of the molecule is O=C(CC[NH+]1CCN(c2ccccc2)CC1)Nc1ccccc1C(F)(F)F. The van der Waals surface area contributed by atoms with Crippen LogP contribution in [0, 0.1) is 0 Å². The molecule has 2 aromatic carbocycles. The van der Waals surface area contributed by atoms with Crippen LogP contribution in [-0.4, -0.2) is 38.6 Å². The molecule has 0 atom stereocenters. The summed E-state index contributed by atoms with van der Waals surface area (Å²) >= 11 is 0. The lowest BCUT2D eigenvalue weighted by Crippen LogP contribution is -3.15. The highest BCUT2D eigenvalue weighted by atomic mass is 19.4. The summed E-state index contributed by atoms with van der Waals surface area (Å²) in [6.45, 7) is 4.22. The summed E-state index contributed by atoms with van der Waals surface area (Å²) < 4.78 is 39.0. The highest BCUT2D eigenvalue weighted by Gasteiger charge is 2.33. The Hall–Kier alpha value is -2.54. The van der Waals surface area contributed by atoms with Crippen molar-refractivity contribution in [3.8, 4) is 0 Å². The second kappa shape index (κ2) is 8.43. The van der Waals surface area contributed by atoms with Gasteiger partial charge in [-0.1, -0.05) is 30.3 Å². The van der Waals surface area contributed by atoms with Crippen LogP contribution >= 0.6 is 0 Å². The van der Waals surface area contributed by atoms with Gasteiger partial charge in [0.1, 0.15) is 0 Å². The smallest absolute Gasteiger partial charge is 0.360 e. The third kappa shape index (κ3) is 5.23. The standard InChI is InChI=1S/C20H22F3N3O/c21-20(22,23)17-8-4-5-9-18(17)24-19(27)10-11-25-12-14-26(15-13-25)16-6-2-1-3-7-16/h1-9H,10-15H2,(H,24,27)/p+1. The first-order valence-electron chi connectivity index (χ1n) is 9.03. The van der Waals surface area contributed by atoms with Crippen LogP contribution in [0.2, 0.25) is 0 Å². The number of hydrogen-bond donors (Lipinski definition) is 2. The number of anilines is 2. The monoisotopic (exact) mass is 378 g/mol. The highest BCUT2D eigenvalue weighted by molar-refractivity contribution is 5.91. The van der Waals surface area contributed by atoms with Gasteiger partial charge in [0, 0.05) is 5.69 Å².